The zero-order valence-electron chi connectivity index (χ0n) is 5.59. The number of aliphatic hydroxyl groups is 2. The Balaban J connectivity index is 3.56. The highest BCUT2D eigenvalue weighted by molar-refractivity contribution is 6.23. The third kappa shape index (κ3) is 4.55. The molecule has 0 aliphatic rings. The minimum absolute atomic E-state index is 0.152. The van der Waals surface area contributed by atoms with Gasteiger partial charge in [-0.05, 0) is 0 Å². The van der Waals surface area contributed by atoms with E-state index in [2.05, 4.69) is 5.32 Å². The normalized spacial score (nSPS) is 16.0. The second-order valence-electron chi connectivity index (χ2n) is 1.99. The summed E-state index contributed by atoms with van der Waals surface area (Å²) in [4.78, 5) is 10.2. The van der Waals surface area contributed by atoms with Crippen LogP contribution in [0.5, 0.6) is 0 Å². The maximum atomic E-state index is 10.2. The van der Waals surface area contributed by atoms with E-state index in [0.29, 0.717) is 0 Å². The quantitative estimate of drug-likeness (QED) is 0.475. The maximum absolute atomic E-state index is 10.2. The molecule has 0 saturated carbocycles. The van der Waals surface area contributed by atoms with E-state index in [4.69, 9.17) is 21.8 Å². The number of carbonyl (C=O) groups excluding carboxylic acids is 1. The molecule has 1 atom stereocenters. The first-order valence-electron chi connectivity index (χ1n) is 2.74. The van der Waals surface area contributed by atoms with Gasteiger partial charge in [-0.15, -0.1) is 0 Å². The molecule has 0 aliphatic heterocycles. The van der Waals surface area contributed by atoms with E-state index in [9.17, 15) is 4.79 Å². The fourth-order valence-corrected chi connectivity index (χ4v) is 0.383. The average Bonchev–Trinajstić information content (AvgIpc) is 1.85. The second kappa shape index (κ2) is 3.75. The fourth-order valence-electron chi connectivity index (χ4n) is 0.316. The van der Waals surface area contributed by atoms with Crippen molar-refractivity contribution < 1.29 is 15.0 Å². The molecule has 1 unspecified atom stereocenters. The molecule has 0 aliphatic carbocycles. The minimum Gasteiger partial charge on any atom is -0.392 e. The molecule has 0 aromatic carbocycles. The zero-order valence-corrected chi connectivity index (χ0v) is 6.35. The molecule has 0 aromatic rings. The standard InChI is InChI=1S/C5H10ClNO3/c1-4(9)7-2-5(6,10)3-8/h8,10H,2-3H2,1H3,(H,7,9). The molecule has 3 N–H and O–H groups in total. The SMILES string of the molecule is CC(=O)NCC(O)(Cl)CO. The average molecular weight is 168 g/mol. The number of hydrogen-bond acceptors (Lipinski definition) is 3. The molecule has 0 rings (SSSR count). The van der Waals surface area contributed by atoms with Gasteiger partial charge in [0.15, 0.2) is 5.06 Å². The summed E-state index contributed by atoms with van der Waals surface area (Å²) in [7, 11) is 0. The molecule has 4 nitrogen and oxygen atoms in total. The zero-order chi connectivity index (χ0) is 8.20. The largest absolute Gasteiger partial charge is 0.392 e. The molecule has 0 radical (unpaired) electrons. The lowest BCUT2D eigenvalue weighted by molar-refractivity contribution is -0.119. The van der Waals surface area contributed by atoms with E-state index in [1.165, 1.54) is 6.92 Å². The van der Waals surface area contributed by atoms with Crippen molar-refractivity contribution in [2.75, 3.05) is 13.2 Å². The first-order valence-corrected chi connectivity index (χ1v) is 3.12. The molecule has 0 heterocycles. The van der Waals surface area contributed by atoms with Gasteiger partial charge < -0.3 is 15.5 Å². The molecule has 0 bridgehead atoms. The second-order valence-corrected chi connectivity index (χ2v) is 2.69. The van der Waals surface area contributed by atoms with Crippen molar-refractivity contribution >= 4 is 17.5 Å². The summed E-state index contributed by atoms with van der Waals surface area (Å²) in [5, 5.41) is 17.8. The number of nitrogens with one attached hydrogen (secondary N) is 1. The number of carbonyl (C=O) groups is 1. The van der Waals surface area contributed by atoms with Crippen molar-refractivity contribution in [3.63, 3.8) is 0 Å². The van der Waals surface area contributed by atoms with Crippen LogP contribution in [0.25, 0.3) is 0 Å². The Morgan fingerprint density at radius 1 is 1.80 bits per heavy atom. The van der Waals surface area contributed by atoms with Gasteiger partial charge in [-0.3, -0.25) is 4.79 Å². The fraction of sp³-hybridized carbons (Fsp3) is 0.800. The third-order valence-electron chi connectivity index (χ3n) is 0.850. The van der Waals surface area contributed by atoms with Gasteiger partial charge in [-0.2, -0.15) is 0 Å². The lowest BCUT2D eigenvalue weighted by Gasteiger charge is -2.16. The van der Waals surface area contributed by atoms with Gasteiger partial charge >= 0.3 is 0 Å². The van der Waals surface area contributed by atoms with E-state index >= 15 is 0 Å². The van der Waals surface area contributed by atoms with E-state index < -0.39 is 11.7 Å². The molecular weight excluding hydrogens is 158 g/mol. The van der Waals surface area contributed by atoms with Crippen molar-refractivity contribution in [2.24, 2.45) is 0 Å². The van der Waals surface area contributed by atoms with Crippen LogP contribution in [-0.2, 0) is 4.79 Å². The van der Waals surface area contributed by atoms with Gasteiger partial charge in [-0.1, -0.05) is 11.6 Å². The smallest absolute Gasteiger partial charge is 0.217 e. The highest BCUT2D eigenvalue weighted by Crippen LogP contribution is 2.06. The van der Waals surface area contributed by atoms with Crippen LogP contribution in [0.4, 0.5) is 0 Å². The molecule has 0 fully saturated rings. The molecule has 1 amide bonds. The first kappa shape index (κ1) is 9.68. The first-order chi connectivity index (χ1) is 4.48. The summed E-state index contributed by atoms with van der Waals surface area (Å²) >= 11 is 5.26. The summed E-state index contributed by atoms with van der Waals surface area (Å²) < 4.78 is 0. The van der Waals surface area contributed by atoms with Crippen molar-refractivity contribution in [1.82, 2.24) is 5.32 Å². The highest BCUT2D eigenvalue weighted by Gasteiger charge is 2.21. The van der Waals surface area contributed by atoms with Gasteiger partial charge in [-0.25, -0.2) is 0 Å². The molecule has 5 heteroatoms. The Morgan fingerprint density at radius 3 is 2.60 bits per heavy atom. The van der Waals surface area contributed by atoms with Crippen LogP contribution < -0.4 is 5.32 Å². The lowest BCUT2D eigenvalue weighted by Crippen LogP contribution is -2.40. The lowest BCUT2D eigenvalue weighted by atomic mass is 10.3. The van der Waals surface area contributed by atoms with Crippen molar-refractivity contribution in [2.45, 2.75) is 12.0 Å². The summed E-state index contributed by atoms with van der Waals surface area (Å²) in [5.41, 5.74) is 0. The van der Waals surface area contributed by atoms with Crippen LogP contribution in [0.15, 0.2) is 0 Å². The van der Waals surface area contributed by atoms with Gasteiger partial charge in [0.1, 0.15) is 0 Å². The molecule has 10 heavy (non-hydrogen) atoms. The highest BCUT2D eigenvalue weighted by atomic mass is 35.5. The van der Waals surface area contributed by atoms with E-state index in [1.54, 1.807) is 0 Å². The van der Waals surface area contributed by atoms with Gasteiger partial charge in [0.2, 0.25) is 5.91 Å². The Hall–Kier alpha value is -0.320. The van der Waals surface area contributed by atoms with E-state index in [1.807, 2.05) is 0 Å². The van der Waals surface area contributed by atoms with E-state index in [-0.39, 0.29) is 12.5 Å². The van der Waals surface area contributed by atoms with Crippen molar-refractivity contribution in [3.8, 4) is 0 Å². The number of hydrogen-bond donors (Lipinski definition) is 3. The molecule has 60 valence electrons. The van der Waals surface area contributed by atoms with Crippen LogP contribution in [-0.4, -0.2) is 34.3 Å². The monoisotopic (exact) mass is 167 g/mol. The summed E-state index contributed by atoms with van der Waals surface area (Å²) in [6.45, 7) is 0.555. The molecule has 0 aromatic heterocycles. The van der Waals surface area contributed by atoms with Crippen molar-refractivity contribution in [3.05, 3.63) is 0 Å². The summed E-state index contributed by atoms with van der Waals surface area (Å²) in [5.74, 6) is -0.299. The number of alkyl halides is 1. The summed E-state index contributed by atoms with van der Waals surface area (Å²) in [6, 6.07) is 0. The van der Waals surface area contributed by atoms with Gasteiger partial charge in [0.25, 0.3) is 0 Å². The van der Waals surface area contributed by atoms with Crippen LogP contribution in [0.2, 0.25) is 0 Å². The maximum Gasteiger partial charge on any atom is 0.217 e. The number of amides is 1. The Labute approximate surface area is 63.8 Å². The summed E-state index contributed by atoms with van der Waals surface area (Å²) in [6.07, 6.45) is 0. The topological polar surface area (TPSA) is 69.6 Å². The molecular formula is C5H10ClNO3. The van der Waals surface area contributed by atoms with Crippen molar-refractivity contribution in [1.29, 1.82) is 0 Å². The van der Waals surface area contributed by atoms with Crippen LogP contribution in [0.3, 0.4) is 0 Å². The van der Waals surface area contributed by atoms with Crippen LogP contribution in [0.1, 0.15) is 6.92 Å². The predicted molar refractivity (Wildman–Crippen MR) is 36.6 cm³/mol. The Morgan fingerprint density at radius 2 is 2.30 bits per heavy atom. The Bertz CT molecular complexity index is 126. The minimum atomic E-state index is -1.73. The Kier molecular flexibility index (Phi) is 3.63. The number of halogens is 1. The number of rotatable bonds is 3. The molecule has 0 spiro atoms. The van der Waals surface area contributed by atoms with Gasteiger partial charge in [0.05, 0.1) is 13.2 Å². The van der Waals surface area contributed by atoms with Crippen LogP contribution >= 0.6 is 11.6 Å². The number of aliphatic hydroxyl groups excluding tert-OH is 1. The van der Waals surface area contributed by atoms with Gasteiger partial charge in [0, 0.05) is 6.92 Å². The third-order valence-corrected chi connectivity index (χ3v) is 1.10. The molecule has 0 saturated heterocycles. The van der Waals surface area contributed by atoms with Crippen LogP contribution in [0, 0.1) is 0 Å². The predicted octanol–water partition coefficient (Wildman–Crippen LogP) is -0.958. The van der Waals surface area contributed by atoms with E-state index in [0.717, 1.165) is 0 Å².